The zero-order valence-electron chi connectivity index (χ0n) is 15.1. The lowest BCUT2D eigenvalue weighted by Crippen LogP contribution is -2.37. The summed E-state index contributed by atoms with van der Waals surface area (Å²) in [6.45, 7) is 0.644. The van der Waals surface area contributed by atoms with Crippen molar-refractivity contribution < 1.29 is 27.1 Å². The molecule has 2 aromatic rings. The molecule has 3 nitrogen and oxygen atoms in total. The van der Waals surface area contributed by atoms with Crippen molar-refractivity contribution in [3.05, 3.63) is 69.8 Å². The van der Waals surface area contributed by atoms with Crippen LogP contribution in [0.1, 0.15) is 16.7 Å². The van der Waals surface area contributed by atoms with E-state index in [1.54, 1.807) is 18.2 Å². The Morgan fingerprint density at radius 2 is 1.66 bits per heavy atom. The molecule has 0 N–H and O–H groups in total. The molecule has 29 heavy (non-hydrogen) atoms. The highest BCUT2D eigenvalue weighted by Gasteiger charge is 2.34. The van der Waals surface area contributed by atoms with Gasteiger partial charge >= 0.3 is 6.18 Å². The van der Waals surface area contributed by atoms with Crippen molar-refractivity contribution in [1.82, 2.24) is 4.90 Å². The molecule has 142 valence electrons. The number of nitrogens with zero attached hydrogens (tertiary/aromatic N) is 1. The fraction of sp³-hybridized carbons (Fsp3) is 0.211. The topological polar surface area (TPSA) is 29.5 Å². The maximum atomic E-state index is 13.7. The number of hydrogen-bond donors (Lipinski definition) is 0. The predicted molar refractivity (Wildman–Crippen MR) is 101 cm³/mol. The third-order valence-corrected chi connectivity index (χ3v) is 4.50. The van der Waals surface area contributed by atoms with E-state index in [2.05, 4.69) is 0 Å². The molecule has 0 saturated heterocycles. The van der Waals surface area contributed by atoms with Gasteiger partial charge in [-0.3, -0.25) is 4.79 Å². The summed E-state index contributed by atoms with van der Waals surface area (Å²) in [6, 6.07) is 7.37. The van der Waals surface area contributed by atoms with Gasteiger partial charge in [0.25, 0.3) is 0 Å². The van der Waals surface area contributed by atoms with Crippen LogP contribution >= 0.6 is 0 Å². The molecule has 10 heteroatoms. The first-order valence-electron chi connectivity index (χ1n) is 8.52. The molecule has 0 fully saturated rings. The van der Waals surface area contributed by atoms with Gasteiger partial charge in [0.1, 0.15) is 25.2 Å². The number of hydrogen-bond acceptors (Lipinski definition) is 2. The van der Waals surface area contributed by atoms with E-state index in [4.69, 9.17) is 28.3 Å². The fourth-order valence-corrected chi connectivity index (χ4v) is 2.99. The van der Waals surface area contributed by atoms with Crippen LogP contribution in [-0.4, -0.2) is 40.9 Å². The molecule has 0 aliphatic carbocycles. The van der Waals surface area contributed by atoms with Gasteiger partial charge in [-0.15, -0.1) is 0 Å². The molecular formula is C19H12B3F4NO2. The Hall–Kier alpha value is -2.64. The summed E-state index contributed by atoms with van der Waals surface area (Å²) in [7, 11) is 16.3. The minimum Gasteiger partial charge on any atom is -0.457 e. The number of halogens is 4. The lowest BCUT2D eigenvalue weighted by molar-refractivity contribution is -0.140. The summed E-state index contributed by atoms with van der Waals surface area (Å²) in [5.74, 6) is -1.71. The van der Waals surface area contributed by atoms with Crippen LogP contribution in [0.5, 0.6) is 11.5 Å². The van der Waals surface area contributed by atoms with Gasteiger partial charge in [0.15, 0.2) is 0 Å². The van der Waals surface area contributed by atoms with Gasteiger partial charge in [0, 0.05) is 19.2 Å². The Kier molecular flexibility index (Phi) is 5.82. The minimum absolute atomic E-state index is 0.0812. The van der Waals surface area contributed by atoms with Crippen LogP contribution < -0.4 is 4.74 Å². The van der Waals surface area contributed by atoms with E-state index in [9.17, 15) is 22.4 Å². The zero-order valence-corrected chi connectivity index (χ0v) is 15.1. The Bertz CT molecular complexity index is 988. The molecule has 1 aliphatic rings. The van der Waals surface area contributed by atoms with Gasteiger partial charge in [-0.25, -0.2) is 4.39 Å². The summed E-state index contributed by atoms with van der Waals surface area (Å²) < 4.78 is 57.2. The molecule has 2 aromatic carbocycles. The second kappa shape index (κ2) is 8.01. The Labute approximate surface area is 169 Å². The van der Waals surface area contributed by atoms with Gasteiger partial charge in [-0.2, -0.15) is 18.5 Å². The minimum atomic E-state index is -4.78. The second-order valence-electron chi connectivity index (χ2n) is 6.52. The zero-order chi connectivity index (χ0) is 21.3. The molecule has 0 unspecified atom stereocenters. The molecule has 3 rings (SSSR count). The summed E-state index contributed by atoms with van der Waals surface area (Å²) in [4.78, 5) is 13.8. The number of benzene rings is 2. The number of carbonyl (C=O) groups is 1. The maximum absolute atomic E-state index is 13.7. The van der Waals surface area contributed by atoms with E-state index in [0.717, 1.165) is 17.2 Å². The Morgan fingerprint density at radius 1 is 1.00 bits per heavy atom. The maximum Gasteiger partial charge on any atom is 0.419 e. The van der Waals surface area contributed by atoms with Crippen LogP contribution in [0.2, 0.25) is 0 Å². The van der Waals surface area contributed by atoms with Crippen molar-refractivity contribution in [1.29, 1.82) is 0 Å². The smallest absolute Gasteiger partial charge is 0.419 e. The van der Waals surface area contributed by atoms with E-state index in [1.807, 2.05) is 0 Å². The lowest BCUT2D eigenvalue weighted by Gasteiger charge is -2.30. The van der Waals surface area contributed by atoms with E-state index in [1.165, 1.54) is 4.90 Å². The van der Waals surface area contributed by atoms with Crippen LogP contribution in [0.25, 0.3) is 0 Å². The molecule has 0 spiro atoms. The number of amides is 1. The van der Waals surface area contributed by atoms with Crippen molar-refractivity contribution in [2.24, 2.45) is 0 Å². The average Bonchev–Trinajstić information content (AvgIpc) is 2.65. The predicted octanol–water partition coefficient (Wildman–Crippen LogP) is 3.20. The Morgan fingerprint density at radius 3 is 2.28 bits per heavy atom. The van der Waals surface area contributed by atoms with Gasteiger partial charge in [0.2, 0.25) is 5.91 Å². The number of ether oxygens (including phenoxy) is 1. The Balaban J connectivity index is 1.79. The van der Waals surface area contributed by atoms with Crippen LogP contribution in [0.15, 0.2) is 47.2 Å². The molecular weight excluding hydrogens is 383 g/mol. The molecule has 6 radical (unpaired) electrons. The standard InChI is InChI=1S/C19H12B3F4NO2/c20-16(17(21)22)18(28)27-6-5-10-1-2-12(7-11(10)9-27)29-13-3-4-14(15(23)8-13)19(24,25)26/h1-4,7-8H,5-6,9H2. The van der Waals surface area contributed by atoms with E-state index < -0.39 is 23.5 Å². The van der Waals surface area contributed by atoms with Crippen molar-refractivity contribution >= 4 is 29.4 Å². The monoisotopic (exact) mass is 395 g/mol. The summed E-state index contributed by atoms with van der Waals surface area (Å²) in [5.41, 5.74) is 0.136. The lowest BCUT2D eigenvalue weighted by atomic mass is 9.69. The van der Waals surface area contributed by atoms with Gasteiger partial charge in [-0.1, -0.05) is 11.5 Å². The third kappa shape index (κ3) is 4.69. The van der Waals surface area contributed by atoms with E-state index in [0.29, 0.717) is 30.8 Å². The van der Waals surface area contributed by atoms with Crippen molar-refractivity contribution in [2.75, 3.05) is 6.54 Å². The fourth-order valence-electron chi connectivity index (χ4n) is 2.99. The van der Waals surface area contributed by atoms with E-state index in [-0.39, 0.29) is 23.1 Å². The SMILES string of the molecule is [B]C([B])=C([B])C(=O)N1CCc2ccc(Oc3ccc(C(F)(F)F)c(F)c3)cc2C1. The number of rotatable bonds is 3. The summed E-state index contributed by atoms with van der Waals surface area (Å²) in [6.07, 6.45) is -4.22. The first kappa shape index (κ1) is 21.1. The second-order valence-corrected chi connectivity index (χ2v) is 6.52. The highest BCUT2D eigenvalue weighted by molar-refractivity contribution is 6.55. The third-order valence-electron chi connectivity index (χ3n) is 4.50. The molecule has 1 heterocycles. The van der Waals surface area contributed by atoms with Crippen LogP contribution in [0.3, 0.4) is 0 Å². The quantitative estimate of drug-likeness (QED) is 0.454. The van der Waals surface area contributed by atoms with Crippen molar-refractivity contribution in [3.63, 3.8) is 0 Å². The number of fused-ring (bicyclic) bond motifs is 1. The van der Waals surface area contributed by atoms with Crippen molar-refractivity contribution in [3.8, 4) is 11.5 Å². The molecule has 0 saturated carbocycles. The van der Waals surface area contributed by atoms with Gasteiger partial charge < -0.3 is 9.64 Å². The average molecular weight is 395 g/mol. The number of alkyl halides is 3. The molecule has 1 aliphatic heterocycles. The molecule has 0 atom stereocenters. The normalized spacial score (nSPS) is 13.6. The van der Waals surface area contributed by atoms with Gasteiger partial charge in [-0.05, 0) is 41.8 Å². The molecule has 0 bridgehead atoms. The van der Waals surface area contributed by atoms with Crippen LogP contribution in [0, 0.1) is 5.82 Å². The van der Waals surface area contributed by atoms with Crippen LogP contribution in [0.4, 0.5) is 17.6 Å². The highest BCUT2D eigenvalue weighted by Crippen LogP contribution is 2.34. The molecule has 1 amide bonds. The number of carbonyl (C=O) groups excluding carboxylic acids is 1. The molecule has 0 aromatic heterocycles. The highest BCUT2D eigenvalue weighted by atomic mass is 19.4. The van der Waals surface area contributed by atoms with Crippen LogP contribution in [-0.2, 0) is 23.9 Å². The van der Waals surface area contributed by atoms with Gasteiger partial charge in [0.05, 0.1) is 21.3 Å². The first-order chi connectivity index (χ1) is 13.6. The largest absolute Gasteiger partial charge is 0.457 e. The van der Waals surface area contributed by atoms with Crippen molar-refractivity contribution in [2.45, 2.75) is 19.1 Å². The summed E-state index contributed by atoms with van der Waals surface area (Å²) >= 11 is 0. The van der Waals surface area contributed by atoms with E-state index >= 15 is 0 Å². The summed E-state index contributed by atoms with van der Waals surface area (Å²) in [5, 5.41) is -0.262. The first-order valence-corrected chi connectivity index (χ1v) is 8.52.